The zero-order valence-electron chi connectivity index (χ0n) is 10.0. The third kappa shape index (κ3) is 2.37. The van der Waals surface area contributed by atoms with Gasteiger partial charge in [-0.15, -0.1) is 0 Å². The molecule has 16 heavy (non-hydrogen) atoms. The predicted molar refractivity (Wildman–Crippen MR) is 69.5 cm³/mol. The van der Waals surface area contributed by atoms with Crippen LogP contribution in [0, 0.1) is 11.8 Å². The summed E-state index contributed by atoms with van der Waals surface area (Å²) in [5.74, 6) is 2.49. The second-order valence-corrected chi connectivity index (χ2v) is 5.72. The van der Waals surface area contributed by atoms with Crippen molar-refractivity contribution in [2.24, 2.45) is 11.8 Å². The molecule has 0 spiro atoms. The fourth-order valence-corrected chi connectivity index (χ4v) is 2.80. The van der Waals surface area contributed by atoms with Gasteiger partial charge in [0.25, 0.3) is 0 Å². The molecule has 88 valence electrons. The van der Waals surface area contributed by atoms with Crippen molar-refractivity contribution in [3.8, 4) is 0 Å². The highest BCUT2D eigenvalue weighted by Gasteiger charge is 2.29. The van der Waals surface area contributed by atoms with E-state index in [-0.39, 0.29) is 0 Å². The minimum absolute atomic E-state index is 0.554. The van der Waals surface area contributed by atoms with E-state index in [2.05, 4.69) is 51.6 Å². The van der Waals surface area contributed by atoms with E-state index in [1.54, 1.807) is 6.33 Å². The normalized spacial score (nSPS) is 30.5. The molecule has 1 fully saturated rings. The largest absolute Gasteiger partial charge is 0.353 e. The number of halogens is 1. The number of aromatic nitrogens is 2. The Morgan fingerprint density at radius 2 is 2.06 bits per heavy atom. The van der Waals surface area contributed by atoms with Gasteiger partial charge < -0.3 is 4.90 Å². The minimum atomic E-state index is 0.554. The van der Waals surface area contributed by atoms with E-state index in [0.717, 1.165) is 28.8 Å². The summed E-state index contributed by atoms with van der Waals surface area (Å²) in [5, 5.41) is 0. The molecule has 0 radical (unpaired) electrons. The van der Waals surface area contributed by atoms with Crippen molar-refractivity contribution in [3.05, 3.63) is 17.0 Å². The van der Waals surface area contributed by atoms with Crippen molar-refractivity contribution >= 4 is 21.7 Å². The summed E-state index contributed by atoms with van der Waals surface area (Å²) in [5.41, 5.74) is 0. The molecule has 1 aromatic rings. The topological polar surface area (TPSA) is 29.0 Å². The van der Waals surface area contributed by atoms with E-state index in [1.807, 2.05) is 6.07 Å². The van der Waals surface area contributed by atoms with Crippen LogP contribution in [0.4, 0.5) is 5.82 Å². The van der Waals surface area contributed by atoms with Crippen LogP contribution in [0.25, 0.3) is 0 Å². The van der Waals surface area contributed by atoms with Crippen molar-refractivity contribution < 1.29 is 0 Å². The number of piperidine rings is 1. The number of hydrogen-bond acceptors (Lipinski definition) is 3. The molecule has 0 N–H and O–H groups in total. The van der Waals surface area contributed by atoms with Crippen molar-refractivity contribution in [3.63, 3.8) is 0 Å². The number of anilines is 1. The summed E-state index contributed by atoms with van der Waals surface area (Å²) < 4.78 is 0.857. The van der Waals surface area contributed by atoms with Crippen LogP contribution in [-0.4, -0.2) is 22.6 Å². The molecule has 1 saturated heterocycles. The Morgan fingerprint density at radius 1 is 1.31 bits per heavy atom. The highest BCUT2D eigenvalue weighted by atomic mass is 79.9. The maximum atomic E-state index is 4.37. The summed E-state index contributed by atoms with van der Waals surface area (Å²) >= 11 is 3.40. The smallest absolute Gasteiger partial charge is 0.133 e. The first-order valence-corrected chi connectivity index (χ1v) is 6.61. The van der Waals surface area contributed by atoms with E-state index in [1.165, 1.54) is 6.42 Å². The molecule has 2 heterocycles. The average Bonchev–Trinajstić information content (AvgIpc) is 2.23. The molecule has 1 aromatic heterocycles. The first-order valence-electron chi connectivity index (χ1n) is 5.82. The van der Waals surface area contributed by atoms with Gasteiger partial charge in [-0.25, -0.2) is 9.97 Å². The lowest BCUT2D eigenvalue weighted by atomic mass is 9.86. The van der Waals surface area contributed by atoms with Crippen molar-refractivity contribution in [2.45, 2.75) is 33.2 Å². The molecular formula is C12H18BrN3. The molecule has 3 atom stereocenters. The minimum Gasteiger partial charge on any atom is -0.353 e. The number of rotatable bonds is 1. The Kier molecular flexibility index (Phi) is 3.47. The Hall–Kier alpha value is -0.640. The van der Waals surface area contributed by atoms with Gasteiger partial charge in [0.15, 0.2) is 0 Å². The van der Waals surface area contributed by atoms with Crippen LogP contribution in [0.15, 0.2) is 17.0 Å². The lowest BCUT2D eigenvalue weighted by molar-refractivity contribution is 0.295. The zero-order valence-corrected chi connectivity index (χ0v) is 11.6. The van der Waals surface area contributed by atoms with Crippen LogP contribution in [0.3, 0.4) is 0 Å². The molecule has 2 rings (SSSR count). The quantitative estimate of drug-likeness (QED) is 0.742. The van der Waals surface area contributed by atoms with Crippen LogP contribution in [0.1, 0.15) is 27.2 Å². The van der Waals surface area contributed by atoms with Crippen molar-refractivity contribution in [1.29, 1.82) is 0 Å². The van der Waals surface area contributed by atoms with E-state index >= 15 is 0 Å². The standard InChI is InChI=1S/C12H18BrN3/c1-8-4-9(2)10(3)16(6-8)12-5-11(13)14-7-15-12/h5,7-10H,4,6H2,1-3H3. The number of nitrogens with zero attached hydrogens (tertiary/aromatic N) is 3. The first kappa shape index (κ1) is 11.8. The van der Waals surface area contributed by atoms with Gasteiger partial charge in [0, 0.05) is 18.7 Å². The molecule has 1 aliphatic rings. The first-order chi connectivity index (χ1) is 7.58. The van der Waals surface area contributed by atoms with Gasteiger partial charge in [0.1, 0.15) is 16.7 Å². The summed E-state index contributed by atoms with van der Waals surface area (Å²) in [6, 6.07) is 2.55. The molecule has 0 aromatic carbocycles. The summed E-state index contributed by atoms with van der Waals surface area (Å²) in [6.07, 6.45) is 2.93. The third-order valence-electron chi connectivity index (χ3n) is 3.51. The number of hydrogen-bond donors (Lipinski definition) is 0. The molecule has 0 saturated carbocycles. The SMILES string of the molecule is CC1CC(C)C(C)N(c2cc(Br)ncn2)C1. The molecule has 1 aliphatic heterocycles. The molecule has 4 heteroatoms. The monoisotopic (exact) mass is 283 g/mol. The van der Waals surface area contributed by atoms with Gasteiger partial charge >= 0.3 is 0 Å². The van der Waals surface area contributed by atoms with E-state index < -0.39 is 0 Å². The summed E-state index contributed by atoms with van der Waals surface area (Å²) in [7, 11) is 0. The van der Waals surface area contributed by atoms with Crippen LogP contribution in [-0.2, 0) is 0 Å². The lowest BCUT2D eigenvalue weighted by Gasteiger charge is -2.41. The highest BCUT2D eigenvalue weighted by molar-refractivity contribution is 9.10. The van der Waals surface area contributed by atoms with Gasteiger partial charge in [-0.2, -0.15) is 0 Å². The highest BCUT2D eigenvalue weighted by Crippen LogP contribution is 2.30. The molecule has 0 amide bonds. The lowest BCUT2D eigenvalue weighted by Crippen LogP contribution is -2.46. The third-order valence-corrected chi connectivity index (χ3v) is 3.94. The molecule has 0 aliphatic carbocycles. The van der Waals surface area contributed by atoms with E-state index in [0.29, 0.717) is 6.04 Å². The summed E-state index contributed by atoms with van der Waals surface area (Å²) in [6.45, 7) is 8.01. The zero-order chi connectivity index (χ0) is 11.7. The fourth-order valence-electron chi connectivity index (χ4n) is 2.50. The van der Waals surface area contributed by atoms with Crippen LogP contribution >= 0.6 is 15.9 Å². The second-order valence-electron chi connectivity index (χ2n) is 4.91. The van der Waals surface area contributed by atoms with Gasteiger partial charge in [-0.1, -0.05) is 13.8 Å². The Balaban J connectivity index is 2.25. The van der Waals surface area contributed by atoms with Crippen LogP contribution in [0.5, 0.6) is 0 Å². The summed E-state index contributed by atoms with van der Waals surface area (Å²) in [4.78, 5) is 10.8. The van der Waals surface area contributed by atoms with Crippen molar-refractivity contribution in [2.75, 3.05) is 11.4 Å². The molecule has 3 unspecified atom stereocenters. The maximum Gasteiger partial charge on any atom is 0.133 e. The van der Waals surface area contributed by atoms with E-state index in [4.69, 9.17) is 0 Å². The fraction of sp³-hybridized carbons (Fsp3) is 0.667. The van der Waals surface area contributed by atoms with Gasteiger partial charge in [0.2, 0.25) is 0 Å². The van der Waals surface area contributed by atoms with Crippen LogP contribution in [0.2, 0.25) is 0 Å². The predicted octanol–water partition coefficient (Wildman–Crippen LogP) is 3.11. The van der Waals surface area contributed by atoms with Gasteiger partial charge in [-0.3, -0.25) is 0 Å². The Labute approximate surface area is 105 Å². The van der Waals surface area contributed by atoms with Crippen molar-refractivity contribution in [1.82, 2.24) is 9.97 Å². The second kappa shape index (κ2) is 4.70. The van der Waals surface area contributed by atoms with E-state index in [9.17, 15) is 0 Å². The average molecular weight is 284 g/mol. The molecular weight excluding hydrogens is 266 g/mol. The Bertz CT molecular complexity index is 369. The maximum absolute atomic E-state index is 4.37. The molecule has 3 nitrogen and oxygen atoms in total. The molecule has 0 bridgehead atoms. The van der Waals surface area contributed by atoms with Crippen LogP contribution < -0.4 is 4.90 Å². The Morgan fingerprint density at radius 3 is 2.75 bits per heavy atom. The van der Waals surface area contributed by atoms with Gasteiger partial charge in [0.05, 0.1) is 0 Å². The van der Waals surface area contributed by atoms with Gasteiger partial charge in [-0.05, 0) is 41.1 Å².